The van der Waals surface area contributed by atoms with Crippen molar-refractivity contribution in [3.8, 4) is 0 Å². The fraction of sp³-hybridized carbons (Fsp3) is 0.267. The van der Waals surface area contributed by atoms with Gasteiger partial charge in [0.2, 0.25) is 0 Å². The molecule has 0 saturated heterocycles. The van der Waals surface area contributed by atoms with Crippen LogP contribution in [0.25, 0.3) is 5.53 Å². The molecule has 0 unspecified atom stereocenters. The van der Waals surface area contributed by atoms with Gasteiger partial charge in [0.15, 0.2) is 0 Å². The first kappa shape index (κ1) is 13.1. The van der Waals surface area contributed by atoms with Gasteiger partial charge in [-0.2, -0.15) is 4.79 Å². The lowest BCUT2D eigenvalue weighted by Gasteiger charge is -2.03. The summed E-state index contributed by atoms with van der Waals surface area (Å²) in [5, 5.41) is 0. The number of aryl methyl sites for hydroxylation is 4. The molecule has 0 aliphatic rings. The first-order valence-electron chi connectivity index (χ1n) is 6.13. The summed E-state index contributed by atoms with van der Waals surface area (Å²) < 4.78 is 0. The van der Waals surface area contributed by atoms with Gasteiger partial charge in [-0.3, -0.25) is 9.97 Å². The molecule has 0 spiro atoms. The maximum absolute atomic E-state index is 9.34. The highest BCUT2D eigenvalue weighted by Crippen LogP contribution is 2.13. The van der Waals surface area contributed by atoms with Gasteiger partial charge in [-0.25, -0.2) is 0 Å². The average molecular weight is 252 g/mol. The Labute approximate surface area is 112 Å². The molecule has 0 bridgehead atoms. The molecule has 0 atom stereocenters. The Morgan fingerprint density at radius 3 is 1.37 bits per heavy atom. The molecule has 0 fully saturated rings. The molecule has 0 aromatic carbocycles. The van der Waals surface area contributed by atoms with Gasteiger partial charge in [-0.05, 0) is 52.0 Å². The van der Waals surface area contributed by atoms with Crippen LogP contribution in [-0.4, -0.2) is 20.5 Å². The van der Waals surface area contributed by atoms with Crippen molar-refractivity contribution in [2.45, 2.75) is 27.7 Å². The van der Waals surface area contributed by atoms with Crippen LogP contribution in [0.2, 0.25) is 0 Å². The molecule has 4 heteroatoms. The van der Waals surface area contributed by atoms with E-state index in [2.05, 4.69) is 14.8 Å². The third-order valence-corrected chi connectivity index (χ3v) is 2.81. The quantitative estimate of drug-likeness (QED) is 0.468. The van der Waals surface area contributed by atoms with Crippen LogP contribution in [0.1, 0.15) is 33.9 Å². The van der Waals surface area contributed by atoms with Crippen LogP contribution in [0.15, 0.2) is 24.3 Å². The van der Waals surface area contributed by atoms with E-state index in [-0.39, 0.29) is 0 Å². The van der Waals surface area contributed by atoms with E-state index in [0.717, 1.165) is 33.9 Å². The van der Waals surface area contributed by atoms with Crippen LogP contribution in [0, 0.1) is 27.7 Å². The fourth-order valence-electron chi connectivity index (χ4n) is 2.22. The molecule has 0 aliphatic heterocycles. The summed E-state index contributed by atoms with van der Waals surface area (Å²) in [5.41, 5.74) is 15.2. The van der Waals surface area contributed by atoms with Crippen molar-refractivity contribution in [1.29, 1.82) is 0 Å². The minimum atomic E-state index is 0.544. The van der Waals surface area contributed by atoms with Crippen molar-refractivity contribution < 1.29 is 4.79 Å². The Morgan fingerprint density at radius 2 is 1.11 bits per heavy atom. The van der Waals surface area contributed by atoms with Gasteiger partial charge in [0, 0.05) is 22.8 Å². The predicted molar refractivity (Wildman–Crippen MR) is 74.3 cm³/mol. The van der Waals surface area contributed by atoms with Crippen molar-refractivity contribution >= 4 is 5.71 Å². The Morgan fingerprint density at radius 1 is 0.789 bits per heavy atom. The second-order valence-electron chi connectivity index (χ2n) is 4.73. The van der Waals surface area contributed by atoms with E-state index in [0.29, 0.717) is 5.71 Å². The van der Waals surface area contributed by atoms with E-state index in [1.165, 1.54) is 0 Å². The predicted octanol–water partition coefficient (Wildman–Crippen LogP) is 2.78. The van der Waals surface area contributed by atoms with E-state index < -0.39 is 0 Å². The monoisotopic (exact) mass is 252 g/mol. The molecule has 2 rings (SSSR count). The lowest BCUT2D eigenvalue weighted by molar-refractivity contribution is -0.00283. The van der Waals surface area contributed by atoms with Crippen LogP contribution >= 0.6 is 0 Å². The third-order valence-electron chi connectivity index (χ3n) is 2.81. The van der Waals surface area contributed by atoms with E-state index in [4.69, 9.17) is 0 Å². The van der Waals surface area contributed by atoms with Gasteiger partial charge in [0.25, 0.3) is 0 Å². The van der Waals surface area contributed by atoms with Gasteiger partial charge in [-0.1, -0.05) is 0 Å². The van der Waals surface area contributed by atoms with E-state index in [1.54, 1.807) is 0 Å². The zero-order valence-corrected chi connectivity index (χ0v) is 11.6. The van der Waals surface area contributed by atoms with Crippen molar-refractivity contribution in [1.82, 2.24) is 9.97 Å². The van der Waals surface area contributed by atoms with E-state index >= 15 is 0 Å². The molecule has 2 aromatic rings. The summed E-state index contributed by atoms with van der Waals surface area (Å²) in [7, 11) is 0. The van der Waals surface area contributed by atoms with Crippen molar-refractivity contribution in [2.75, 3.05) is 0 Å². The number of hydrogen-bond donors (Lipinski definition) is 0. The topological polar surface area (TPSA) is 62.2 Å². The second kappa shape index (κ2) is 5.12. The summed E-state index contributed by atoms with van der Waals surface area (Å²) in [4.78, 5) is 12.1. The van der Waals surface area contributed by atoms with Crippen LogP contribution in [0.3, 0.4) is 0 Å². The number of pyridine rings is 2. The van der Waals surface area contributed by atoms with E-state index in [1.807, 2.05) is 52.0 Å². The molecular formula is C15H16N4. The molecule has 4 nitrogen and oxygen atoms in total. The summed E-state index contributed by atoms with van der Waals surface area (Å²) in [6.07, 6.45) is 0. The van der Waals surface area contributed by atoms with Crippen molar-refractivity contribution in [3.63, 3.8) is 0 Å². The first-order chi connectivity index (χ1) is 8.99. The fourth-order valence-corrected chi connectivity index (χ4v) is 2.22. The molecule has 0 aliphatic carbocycles. The number of nitrogens with zero attached hydrogens (tertiary/aromatic N) is 4. The molecule has 96 valence electrons. The maximum atomic E-state index is 9.34. The molecule has 0 N–H and O–H groups in total. The smallest absolute Gasteiger partial charge is 0.329 e. The highest BCUT2D eigenvalue weighted by atomic mass is 14.9. The Hall–Kier alpha value is -2.32. The molecule has 2 aromatic heterocycles. The van der Waals surface area contributed by atoms with Gasteiger partial charge < -0.3 is 5.53 Å². The number of aromatic nitrogens is 2. The number of hydrogen-bond acceptors (Lipinski definition) is 2. The van der Waals surface area contributed by atoms with Crippen LogP contribution < -0.4 is 0 Å². The SMILES string of the molecule is Cc1cc(C(=[N+]=[N-])c2cc(C)nc(C)c2)cc(C)n1. The first-order valence-corrected chi connectivity index (χ1v) is 6.13. The molecule has 0 radical (unpaired) electrons. The highest BCUT2D eigenvalue weighted by Gasteiger charge is 2.17. The number of rotatable bonds is 2. The van der Waals surface area contributed by atoms with Crippen LogP contribution in [0.4, 0.5) is 0 Å². The van der Waals surface area contributed by atoms with Crippen LogP contribution in [0.5, 0.6) is 0 Å². The van der Waals surface area contributed by atoms with Gasteiger partial charge >= 0.3 is 5.71 Å². The van der Waals surface area contributed by atoms with Gasteiger partial charge in [0.05, 0.1) is 11.1 Å². The molecule has 2 heterocycles. The van der Waals surface area contributed by atoms with Gasteiger partial charge in [0.1, 0.15) is 0 Å². The largest absolute Gasteiger partial charge is 0.361 e. The minimum absolute atomic E-state index is 0.544. The van der Waals surface area contributed by atoms with Crippen molar-refractivity contribution in [3.05, 3.63) is 63.7 Å². The molecular weight excluding hydrogens is 236 g/mol. The maximum Gasteiger partial charge on any atom is 0.329 e. The minimum Gasteiger partial charge on any atom is -0.361 e. The summed E-state index contributed by atoms with van der Waals surface area (Å²) in [6, 6.07) is 7.64. The average Bonchev–Trinajstić information content (AvgIpc) is 2.27. The zero-order valence-electron chi connectivity index (χ0n) is 11.6. The highest BCUT2D eigenvalue weighted by molar-refractivity contribution is 6.09. The second-order valence-corrected chi connectivity index (χ2v) is 4.73. The Kier molecular flexibility index (Phi) is 3.54. The Balaban J connectivity index is 2.60. The van der Waals surface area contributed by atoms with Crippen molar-refractivity contribution in [2.24, 2.45) is 0 Å². The third kappa shape index (κ3) is 2.92. The van der Waals surface area contributed by atoms with Crippen LogP contribution in [-0.2, 0) is 0 Å². The van der Waals surface area contributed by atoms with E-state index in [9.17, 15) is 5.53 Å². The molecule has 0 amide bonds. The molecule has 19 heavy (non-hydrogen) atoms. The molecule has 0 saturated carbocycles. The standard InChI is InChI=1S/C15H16N4/c1-9-5-13(6-10(2)17-9)15(19-16)14-7-11(3)18-12(4)8-14/h5-8H,1-4H3. The summed E-state index contributed by atoms with van der Waals surface area (Å²) in [5.74, 6) is 0. The summed E-state index contributed by atoms with van der Waals surface area (Å²) >= 11 is 0. The normalized spacial score (nSPS) is 10.1. The summed E-state index contributed by atoms with van der Waals surface area (Å²) in [6.45, 7) is 7.70. The lowest BCUT2D eigenvalue weighted by atomic mass is 10.0. The lowest BCUT2D eigenvalue weighted by Crippen LogP contribution is -2.08. The zero-order chi connectivity index (χ0) is 14.0. The Bertz CT molecular complexity index is 589. The van der Waals surface area contributed by atoms with Gasteiger partial charge in [-0.15, -0.1) is 0 Å².